The number of morpholine rings is 1. The quantitative estimate of drug-likeness (QED) is 0.638. The maximum absolute atomic E-state index is 9.08. The molecule has 0 aromatic carbocycles. The van der Waals surface area contributed by atoms with Gasteiger partial charge in [0.15, 0.2) is 11.5 Å². The van der Waals surface area contributed by atoms with Gasteiger partial charge in [0.2, 0.25) is 5.69 Å². The average molecular weight is 401 g/mol. The number of nitriles is 1. The molecule has 30 heavy (non-hydrogen) atoms. The van der Waals surface area contributed by atoms with E-state index in [4.69, 9.17) is 27.3 Å². The Hall–Kier alpha value is -3.89. The van der Waals surface area contributed by atoms with Gasteiger partial charge >= 0.3 is 0 Å². The van der Waals surface area contributed by atoms with Gasteiger partial charge in [0.25, 0.3) is 0 Å². The van der Waals surface area contributed by atoms with Crippen LogP contribution in [-0.2, 0) is 4.74 Å². The molecule has 0 aliphatic carbocycles. The van der Waals surface area contributed by atoms with E-state index in [2.05, 4.69) is 31.2 Å². The molecule has 0 spiro atoms. The van der Waals surface area contributed by atoms with Crippen LogP contribution in [0.25, 0.3) is 21.7 Å². The van der Waals surface area contributed by atoms with E-state index in [0.29, 0.717) is 41.0 Å². The molecule has 0 amide bonds. The molecule has 0 saturated carbocycles. The molecular formula is C20H19N9O. The maximum atomic E-state index is 9.08. The molecule has 2 bridgehead atoms. The second-order valence-corrected chi connectivity index (χ2v) is 7.53. The SMILES string of the molecule is [C-]#[N+]c1cc2cnn(-c3cc(N[C@H](C)C#N)c(N)cn3)c2nc1N1C[C@H]2C[C@@H]1CO2. The molecule has 2 fully saturated rings. The van der Waals surface area contributed by atoms with Crippen molar-refractivity contribution >= 4 is 33.9 Å². The first-order valence-electron chi connectivity index (χ1n) is 9.64. The highest BCUT2D eigenvalue weighted by atomic mass is 16.5. The van der Waals surface area contributed by atoms with Gasteiger partial charge in [-0.05, 0) is 19.4 Å². The summed E-state index contributed by atoms with van der Waals surface area (Å²) in [5.74, 6) is 1.18. The van der Waals surface area contributed by atoms with Gasteiger partial charge in [-0.15, -0.1) is 0 Å². The number of hydrogen-bond acceptors (Lipinski definition) is 8. The van der Waals surface area contributed by atoms with Gasteiger partial charge in [0.1, 0.15) is 11.9 Å². The van der Waals surface area contributed by atoms with Crippen molar-refractivity contribution in [2.75, 3.05) is 29.1 Å². The van der Waals surface area contributed by atoms with Crippen molar-refractivity contribution < 1.29 is 4.74 Å². The highest BCUT2D eigenvalue weighted by Gasteiger charge is 2.40. The minimum absolute atomic E-state index is 0.200. The van der Waals surface area contributed by atoms with Crippen LogP contribution in [0, 0.1) is 17.9 Å². The van der Waals surface area contributed by atoms with Gasteiger partial charge in [0, 0.05) is 18.0 Å². The third kappa shape index (κ3) is 2.86. The Morgan fingerprint density at radius 3 is 3.00 bits per heavy atom. The number of hydrogen-bond donors (Lipinski definition) is 2. The number of rotatable bonds is 4. The van der Waals surface area contributed by atoms with E-state index in [1.165, 1.54) is 6.20 Å². The summed E-state index contributed by atoms with van der Waals surface area (Å²) in [6.45, 7) is 10.7. The van der Waals surface area contributed by atoms with Crippen molar-refractivity contribution in [2.24, 2.45) is 0 Å². The van der Waals surface area contributed by atoms with Crippen molar-refractivity contribution in [3.05, 3.63) is 35.9 Å². The van der Waals surface area contributed by atoms with Crippen molar-refractivity contribution in [3.8, 4) is 11.9 Å². The average Bonchev–Trinajstić information content (AvgIpc) is 3.49. The summed E-state index contributed by atoms with van der Waals surface area (Å²) >= 11 is 0. The molecule has 10 heteroatoms. The fraction of sp³-hybridized carbons (Fsp3) is 0.350. The van der Waals surface area contributed by atoms with Crippen LogP contribution in [0.3, 0.4) is 0 Å². The first-order chi connectivity index (χ1) is 14.6. The molecule has 5 heterocycles. The van der Waals surface area contributed by atoms with Crippen LogP contribution in [0.1, 0.15) is 13.3 Å². The third-order valence-corrected chi connectivity index (χ3v) is 5.50. The number of nitrogens with two attached hydrogens (primary N) is 1. The molecule has 150 valence electrons. The molecule has 5 rings (SSSR count). The maximum Gasteiger partial charge on any atom is 0.229 e. The Bertz CT molecular complexity index is 1220. The molecule has 0 radical (unpaired) electrons. The van der Waals surface area contributed by atoms with Gasteiger partial charge in [-0.2, -0.15) is 15.0 Å². The molecule has 3 aromatic rings. The number of nitrogens with zero attached hydrogens (tertiary/aromatic N) is 7. The van der Waals surface area contributed by atoms with Gasteiger partial charge in [-0.3, -0.25) is 0 Å². The van der Waals surface area contributed by atoms with Crippen LogP contribution in [0.2, 0.25) is 0 Å². The van der Waals surface area contributed by atoms with Crippen molar-refractivity contribution in [1.82, 2.24) is 19.7 Å². The lowest BCUT2D eigenvalue weighted by Crippen LogP contribution is -2.37. The van der Waals surface area contributed by atoms with Gasteiger partial charge < -0.3 is 20.7 Å². The Kier molecular flexibility index (Phi) is 4.16. The molecule has 10 nitrogen and oxygen atoms in total. The van der Waals surface area contributed by atoms with Crippen LogP contribution in [0.4, 0.5) is 22.9 Å². The lowest BCUT2D eigenvalue weighted by Gasteiger charge is -2.28. The molecule has 2 aliphatic heterocycles. The van der Waals surface area contributed by atoms with Crippen molar-refractivity contribution in [1.29, 1.82) is 5.26 Å². The van der Waals surface area contributed by atoms with Crippen molar-refractivity contribution in [3.63, 3.8) is 0 Å². The predicted molar refractivity (Wildman–Crippen MR) is 112 cm³/mol. The largest absolute Gasteiger partial charge is 0.396 e. The van der Waals surface area contributed by atoms with Gasteiger partial charge in [0.05, 0.1) is 55.2 Å². The highest BCUT2D eigenvalue weighted by Crippen LogP contribution is 2.38. The zero-order chi connectivity index (χ0) is 20.8. The minimum atomic E-state index is -0.407. The van der Waals surface area contributed by atoms with Crippen LogP contribution in [0.5, 0.6) is 0 Å². The number of nitrogens with one attached hydrogen (secondary N) is 1. The molecular weight excluding hydrogens is 382 g/mol. The number of nitrogen functional groups attached to an aromatic ring is 1. The van der Waals surface area contributed by atoms with Gasteiger partial charge in [-0.25, -0.2) is 14.8 Å². The smallest absolute Gasteiger partial charge is 0.229 e. The summed E-state index contributed by atoms with van der Waals surface area (Å²) in [6.07, 6.45) is 4.36. The summed E-state index contributed by atoms with van der Waals surface area (Å²) in [4.78, 5) is 15.1. The summed E-state index contributed by atoms with van der Waals surface area (Å²) in [5, 5.41) is 17.3. The number of pyridine rings is 2. The summed E-state index contributed by atoms with van der Waals surface area (Å²) in [7, 11) is 0. The molecule has 0 unspecified atom stereocenters. The van der Waals surface area contributed by atoms with E-state index in [0.717, 1.165) is 18.4 Å². The lowest BCUT2D eigenvalue weighted by molar-refractivity contribution is 0.0989. The van der Waals surface area contributed by atoms with E-state index in [1.54, 1.807) is 23.9 Å². The predicted octanol–water partition coefficient (Wildman–Crippen LogP) is 2.25. The summed E-state index contributed by atoms with van der Waals surface area (Å²) in [5.41, 5.74) is 8.16. The molecule has 2 saturated heterocycles. The molecule has 2 aliphatic rings. The van der Waals surface area contributed by atoms with Crippen molar-refractivity contribution in [2.45, 2.75) is 31.5 Å². The minimum Gasteiger partial charge on any atom is -0.396 e. The molecule has 3 aromatic heterocycles. The van der Waals surface area contributed by atoms with E-state index in [-0.39, 0.29) is 12.1 Å². The van der Waals surface area contributed by atoms with E-state index < -0.39 is 6.04 Å². The number of ether oxygens (including phenoxy) is 1. The standard InChI is InChI=1S/C20H19N9O/c1-11(6-21)26-16-5-18(24-8-15(16)22)29-19-12(7-25-29)3-17(23-2)20(27-19)28-9-14-4-13(28)10-30-14/h3,5,7-8,11,13-14H,4,9-10,22H2,1H3,(H,24,26)/t11-,13-,14-/m1/s1. The van der Waals surface area contributed by atoms with Crippen LogP contribution in [-0.4, -0.2) is 51.1 Å². The molecule has 3 N–H and O–H groups in total. The first-order valence-corrected chi connectivity index (χ1v) is 9.64. The fourth-order valence-electron chi connectivity index (χ4n) is 4.02. The highest BCUT2D eigenvalue weighted by molar-refractivity contribution is 5.86. The lowest BCUT2D eigenvalue weighted by atomic mass is 10.2. The number of fused-ring (bicyclic) bond motifs is 3. The zero-order valence-electron chi connectivity index (χ0n) is 16.3. The number of anilines is 3. The van der Waals surface area contributed by atoms with E-state index in [9.17, 15) is 0 Å². The third-order valence-electron chi connectivity index (χ3n) is 5.50. The topological polar surface area (TPSA) is 122 Å². The van der Waals surface area contributed by atoms with Gasteiger partial charge in [-0.1, -0.05) is 0 Å². The normalized spacial score (nSPS) is 20.8. The Labute approximate surface area is 172 Å². The molecule has 3 atom stereocenters. The first kappa shape index (κ1) is 18.2. The van der Waals surface area contributed by atoms with Crippen LogP contribution >= 0.6 is 0 Å². The monoisotopic (exact) mass is 401 g/mol. The summed E-state index contributed by atoms with van der Waals surface area (Å²) in [6, 6.07) is 5.52. The Balaban J connectivity index is 1.60. The second-order valence-electron chi connectivity index (χ2n) is 7.53. The Morgan fingerprint density at radius 1 is 1.43 bits per heavy atom. The fourth-order valence-corrected chi connectivity index (χ4v) is 4.02. The van der Waals surface area contributed by atoms with Crippen LogP contribution < -0.4 is 16.0 Å². The second kappa shape index (κ2) is 6.87. The van der Waals surface area contributed by atoms with E-state index in [1.807, 2.05) is 6.07 Å². The Morgan fingerprint density at radius 2 is 2.30 bits per heavy atom. The zero-order valence-corrected chi connectivity index (χ0v) is 16.3. The van der Waals surface area contributed by atoms with Crippen LogP contribution in [0.15, 0.2) is 24.5 Å². The number of aromatic nitrogens is 4. The van der Waals surface area contributed by atoms with E-state index >= 15 is 0 Å². The summed E-state index contributed by atoms with van der Waals surface area (Å²) < 4.78 is 7.32.